The molecule has 8 atom stereocenters. The van der Waals surface area contributed by atoms with E-state index in [1.807, 2.05) is 13.0 Å². The Morgan fingerprint density at radius 3 is 2.86 bits per heavy atom. The van der Waals surface area contributed by atoms with Gasteiger partial charge in [0.1, 0.15) is 5.82 Å². The Labute approximate surface area is 171 Å². The lowest BCUT2D eigenvalue weighted by atomic mass is 9.57. The van der Waals surface area contributed by atoms with Crippen LogP contribution in [0.1, 0.15) is 57.9 Å². The molecule has 5 nitrogen and oxygen atoms in total. The Balaban J connectivity index is 1.37. The van der Waals surface area contributed by atoms with Crippen LogP contribution in [0.2, 0.25) is 0 Å². The fourth-order valence-corrected chi connectivity index (χ4v) is 6.32. The number of rotatable bonds is 4. The minimum absolute atomic E-state index is 0.0514. The molecule has 2 unspecified atom stereocenters. The molecule has 1 aromatic rings. The molecule has 1 aliphatic carbocycles. The van der Waals surface area contributed by atoms with Crippen molar-refractivity contribution >= 4 is 0 Å². The van der Waals surface area contributed by atoms with E-state index >= 15 is 0 Å². The van der Waals surface area contributed by atoms with Gasteiger partial charge in [0.05, 0.1) is 0 Å². The summed E-state index contributed by atoms with van der Waals surface area (Å²) in [6.07, 6.45) is 4.73. The van der Waals surface area contributed by atoms with Crippen LogP contribution in [0.15, 0.2) is 24.3 Å². The first kappa shape index (κ1) is 19.9. The molecule has 2 bridgehead atoms. The van der Waals surface area contributed by atoms with E-state index in [9.17, 15) is 9.50 Å². The van der Waals surface area contributed by atoms with Gasteiger partial charge in [0.2, 0.25) is 5.79 Å². The number of hydrogen-bond acceptors (Lipinski definition) is 5. The molecule has 1 aromatic carbocycles. The normalized spacial score (nSPS) is 46.2. The molecule has 160 valence electrons. The lowest BCUT2D eigenvalue weighted by Gasteiger charge is -2.60. The predicted octanol–water partition coefficient (Wildman–Crippen LogP) is 4.33. The summed E-state index contributed by atoms with van der Waals surface area (Å²) in [5.74, 6) is -0.179. The maximum atomic E-state index is 13.5. The number of aryl methyl sites for hydroxylation is 1. The van der Waals surface area contributed by atoms with Gasteiger partial charge in [0.15, 0.2) is 18.2 Å². The molecule has 1 spiro atoms. The summed E-state index contributed by atoms with van der Waals surface area (Å²) in [5.41, 5.74) is 0.324. The first-order valence-electron chi connectivity index (χ1n) is 11.0. The second-order valence-corrected chi connectivity index (χ2v) is 9.62. The summed E-state index contributed by atoms with van der Waals surface area (Å²) < 4.78 is 25.7. The zero-order chi connectivity index (χ0) is 20.2. The van der Waals surface area contributed by atoms with Gasteiger partial charge in [-0.05, 0) is 75.0 Å². The molecule has 5 fully saturated rings. The van der Waals surface area contributed by atoms with E-state index in [0.29, 0.717) is 5.92 Å². The van der Waals surface area contributed by atoms with Gasteiger partial charge in [0, 0.05) is 18.3 Å². The molecular formula is C23H31FO5. The highest BCUT2D eigenvalue weighted by Crippen LogP contribution is 2.60. The maximum Gasteiger partial charge on any atom is 0.201 e. The van der Waals surface area contributed by atoms with Gasteiger partial charge in [-0.2, -0.15) is 0 Å². The molecule has 0 radical (unpaired) electrons. The summed E-state index contributed by atoms with van der Waals surface area (Å²) in [6, 6.07) is 6.74. The van der Waals surface area contributed by atoms with Crippen molar-refractivity contribution in [2.75, 3.05) is 0 Å². The van der Waals surface area contributed by atoms with Crippen molar-refractivity contribution in [2.24, 2.45) is 23.7 Å². The Kier molecular flexibility index (Phi) is 4.99. The number of fused-ring (bicyclic) bond motifs is 2. The SMILES string of the molecule is C[C@@H]1CC[C@H]2[C@@H](CCCc3cccc(F)c3)C(O)OC3O[C@]4(C)CC[C@@H]1[C@]32OO4. The largest absolute Gasteiger partial charge is 0.368 e. The molecule has 6 rings (SSSR count). The highest BCUT2D eigenvalue weighted by Gasteiger charge is 2.69. The van der Waals surface area contributed by atoms with E-state index in [4.69, 9.17) is 19.2 Å². The highest BCUT2D eigenvalue weighted by atomic mass is 19.1. The van der Waals surface area contributed by atoms with Crippen molar-refractivity contribution in [1.82, 2.24) is 0 Å². The minimum Gasteiger partial charge on any atom is -0.368 e. The van der Waals surface area contributed by atoms with E-state index in [1.165, 1.54) is 6.07 Å². The first-order valence-corrected chi connectivity index (χ1v) is 11.0. The van der Waals surface area contributed by atoms with Crippen LogP contribution in [0.3, 0.4) is 0 Å². The summed E-state index contributed by atoms with van der Waals surface area (Å²) >= 11 is 0. The van der Waals surface area contributed by atoms with Crippen LogP contribution in [0.4, 0.5) is 4.39 Å². The number of ether oxygens (including phenoxy) is 2. The van der Waals surface area contributed by atoms with Crippen molar-refractivity contribution in [3.63, 3.8) is 0 Å². The van der Waals surface area contributed by atoms with Gasteiger partial charge in [0.25, 0.3) is 0 Å². The van der Waals surface area contributed by atoms with E-state index in [-0.39, 0.29) is 23.6 Å². The molecule has 1 saturated carbocycles. The van der Waals surface area contributed by atoms with Crippen molar-refractivity contribution < 1.29 is 28.7 Å². The zero-order valence-electron chi connectivity index (χ0n) is 17.2. The Hall–Kier alpha value is -1.05. The van der Waals surface area contributed by atoms with Crippen LogP contribution < -0.4 is 0 Å². The second-order valence-electron chi connectivity index (χ2n) is 9.62. The third kappa shape index (κ3) is 3.24. The molecule has 0 amide bonds. The number of aliphatic hydroxyl groups excluding tert-OH is 1. The molecule has 4 aliphatic heterocycles. The Morgan fingerprint density at radius 1 is 1.17 bits per heavy atom. The quantitative estimate of drug-likeness (QED) is 0.755. The highest BCUT2D eigenvalue weighted by molar-refractivity contribution is 5.16. The summed E-state index contributed by atoms with van der Waals surface area (Å²) in [5, 5.41) is 10.9. The average molecular weight is 406 g/mol. The third-order valence-electron chi connectivity index (χ3n) is 7.81. The second kappa shape index (κ2) is 7.27. The molecule has 0 aromatic heterocycles. The van der Waals surface area contributed by atoms with E-state index < -0.39 is 24.0 Å². The smallest absolute Gasteiger partial charge is 0.201 e. The summed E-state index contributed by atoms with van der Waals surface area (Å²) in [7, 11) is 0. The number of aliphatic hydroxyl groups is 1. The minimum atomic E-state index is -0.885. The van der Waals surface area contributed by atoms with Crippen molar-refractivity contribution in [2.45, 2.75) is 82.8 Å². The Bertz CT molecular complexity index is 759. The molecule has 29 heavy (non-hydrogen) atoms. The molecule has 1 N–H and O–H groups in total. The van der Waals surface area contributed by atoms with Gasteiger partial charge in [-0.25, -0.2) is 14.2 Å². The van der Waals surface area contributed by atoms with Crippen molar-refractivity contribution in [3.8, 4) is 0 Å². The predicted molar refractivity (Wildman–Crippen MR) is 103 cm³/mol. The van der Waals surface area contributed by atoms with Gasteiger partial charge < -0.3 is 14.6 Å². The molecule has 6 heteroatoms. The number of halogens is 1. The summed E-state index contributed by atoms with van der Waals surface area (Å²) in [6.45, 7) is 4.17. The first-order chi connectivity index (χ1) is 13.9. The van der Waals surface area contributed by atoms with Crippen molar-refractivity contribution in [1.29, 1.82) is 0 Å². The monoisotopic (exact) mass is 406 g/mol. The van der Waals surface area contributed by atoms with Crippen LogP contribution in [0.25, 0.3) is 0 Å². The fourth-order valence-electron chi connectivity index (χ4n) is 6.32. The van der Waals surface area contributed by atoms with Crippen LogP contribution in [0, 0.1) is 29.5 Å². The van der Waals surface area contributed by atoms with E-state index in [1.54, 1.807) is 12.1 Å². The van der Waals surface area contributed by atoms with Gasteiger partial charge in [-0.15, -0.1) is 0 Å². The maximum absolute atomic E-state index is 13.5. The average Bonchev–Trinajstić information content (AvgIpc) is 2.91. The third-order valence-corrected chi connectivity index (χ3v) is 7.81. The topological polar surface area (TPSA) is 57.2 Å². The van der Waals surface area contributed by atoms with Crippen LogP contribution >= 0.6 is 0 Å². The standard InChI is InChI=1S/C23H31FO5/c1-14-9-10-19-17(8-4-6-15-5-3-7-16(24)13-15)20(25)26-21-23(19)18(14)11-12-22(2,27-21)28-29-23/h3,5,7,13-14,17-21,25H,4,6,8-12H2,1-2H3/t14-,17-,18+,19+,20?,21?,22+,23-/m1/s1. The van der Waals surface area contributed by atoms with Crippen LogP contribution in [0.5, 0.6) is 0 Å². The molecule has 4 saturated heterocycles. The zero-order valence-corrected chi connectivity index (χ0v) is 17.2. The lowest BCUT2D eigenvalue weighted by Crippen LogP contribution is -2.70. The van der Waals surface area contributed by atoms with E-state index in [0.717, 1.165) is 50.5 Å². The Morgan fingerprint density at radius 2 is 2.03 bits per heavy atom. The number of hydrogen-bond donors (Lipinski definition) is 1. The fraction of sp³-hybridized carbons (Fsp3) is 0.739. The lowest BCUT2D eigenvalue weighted by molar-refractivity contribution is -0.577. The molecule has 4 heterocycles. The van der Waals surface area contributed by atoms with Gasteiger partial charge >= 0.3 is 0 Å². The summed E-state index contributed by atoms with van der Waals surface area (Å²) in [4.78, 5) is 12.0. The van der Waals surface area contributed by atoms with Gasteiger partial charge in [-0.3, -0.25) is 0 Å². The van der Waals surface area contributed by atoms with E-state index in [2.05, 4.69) is 6.92 Å². The van der Waals surface area contributed by atoms with Crippen LogP contribution in [-0.2, 0) is 25.7 Å². The van der Waals surface area contributed by atoms with Gasteiger partial charge in [-0.1, -0.05) is 19.1 Å². The van der Waals surface area contributed by atoms with Crippen LogP contribution in [-0.4, -0.2) is 29.1 Å². The van der Waals surface area contributed by atoms with Crippen molar-refractivity contribution in [3.05, 3.63) is 35.6 Å². The molecular weight excluding hydrogens is 375 g/mol. The molecule has 5 aliphatic rings. The number of benzene rings is 1.